The van der Waals surface area contributed by atoms with Crippen molar-refractivity contribution in [1.82, 2.24) is 20.3 Å². The average molecular weight is 638 g/mol. The minimum atomic E-state index is -2.31. The van der Waals surface area contributed by atoms with E-state index >= 15 is 0 Å². The van der Waals surface area contributed by atoms with Gasteiger partial charge in [0.25, 0.3) is 0 Å². The molecule has 0 fully saturated rings. The van der Waals surface area contributed by atoms with Crippen LogP contribution in [-0.2, 0) is 16.9 Å². The lowest BCUT2D eigenvalue weighted by atomic mass is 10.1. The zero-order chi connectivity index (χ0) is 30.5. The molecule has 0 saturated heterocycles. The number of benzene rings is 3. The van der Waals surface area contributed by atoms with E-state index in [0.29, 0.717) is 34.3 Å². The van der Waals surface area contributed by atoms with Gasteiger partial charge in [-0.1, -0.05) is 43.6 Å². The van der Waals surface area contributed by atoms with Gasteiger partial charge in [0.2, 0.25) is 10.3 Å². The topological polar surface area (TPSA) is 106 Å². The Morgan fingerprint density at radius 3 is 2.65 bits per heavy atom. The molecule has 5 rings (SSSR count). The number of thiazole rings is 1. The maximum absolute atomic E-state index is 13.5. The fraction of sp³-hybridized carbons (Fsp3) is 0.226. The number of hydrogen-bond acceptors (Lipinski definition) is 8. The van der Waals surface area contributed by atoms with Crippen LogP contribution >= 0.6 is 22.9 Å². The third-order valence-electron chi connectivity index (χ3n) is 6.47. The molecular weight excluding hydrogens is 609 g/mol. The van der Waals surface area contributed by atoms with Gasteiger partial charge in [-0.2, -0.15) is 8.42 Å². The summed E-state index contributed by atoms with van der Waals surface area (Å²) >= 11 is 7.96. The number of nitrogens with one attached hydrogen (secondary N) is 2. The third-order valence-corrected chi connectivity index (χ3v) is 8.48. The van der Waals surface area contributed by atoms with E-state index in [9.17, 15) is 12.8 Å². The molecular formula is C31H29ClFN5O3S2. The molecule has 0 aliphatic carbocycles. The SMILES string of the molecule is CC(C)CC(NC(C)c1nc(-c2ccc3ncnc(Nc4ccc(OCc5cccc(F)c5)c(Cl)c4)c3c2)cs1)=S(=O)=O. The first-order chi connectivity index (χ1) is 20.7. The Morgan fingerprint density at radius 2 is 1.91 bits per heavy atom. The second kappa shape index (κ2) is 13.6. The predicted octanol–water partition coefficient (Wildman–Crippen LogP) is 7.57. The standard InChI is InChI=1S/C31H29ClFN5O3S2/c1-18(2)11-29(43(39)40)36-19(3)31-38-27(16-42-31)21-7-9-26-24(13-21)30(35-17-34-26)37-23-8-10-28(25(32)14-23)41-15-20-5-4-6-22(33)12-20/h4-10,12-14,16-19,36H,11,15H2,1-3H3,(H,34,35,37). The number of ether oxygens (including phenoxy) is 1. The minimum Gasteiger partial charge on any atom is -0.487 e. The van der Waals surface area contributed by atoms with Crippen LogP contribution in [0.2, 0.25) is 5.02 Å². The monoisotopic (exact) mass is 637 g/mol. The second-order valence-corrected chi connectivity index (χ2v) is 12.6. The van der Waals surface area contributed by atoms with E-state index in [4.69, 9.17) is 21.3 Å². The van der Waals surface area contributed by atoms with E-state index in [1.807, 2.05) is 50.4 Å². The maximum Gasteiger partial charge on any atom is 0.228 e. The van der Waals surface area contributed by atoms with Crippen LogP contribution in [0.25, 0.3) is 22.2 Å². The van der Waals surface area contributed by atoms with Crippen molar-refractivity contribution in [2.45, 2.75) is 39.8 Å². The van der Waals surface area contributed by atoms with E-state index in [2.05, 4.69) is 20.6 Å². The summed E-state index contributed by atoms with van der Waals surface area (Å²) in [4.78, 5) is 13.9. The van der Waals surface area contributed by atoms with Crippen molar-refractivity contribution >= 4 is 60.6 Å². The quantitative estimate of drug-likeness (QED) is 0.151. The van der Waals surface area contributed by atoms with Crippen LogP contribution in [0.1, 0.15) is 43.8 Å². The van der Waals surface area contributed by atoms with Crippen LogP contribution in [0, 0.1) is 11.7 Å². The van der Waals surface area contributed by atoms with Crippen LogP contribution in [0.5, 0.6) is 5.75 Å². The van der Waals surface area contributed by atoms with Gasteiger partial charge in [-0.05, 0) is 67.3 Å². The van der Waals surface area contributed by atoms with E-state index in [1.54, 1.807) is 24.3 Å². The van der Waals surface area contributed by atoms with Gasteiger partial charge < -0.3 is 10.1 Å². The molecule has 222 valence electrons. The van der Waals surface area contributed by atoms with Gasteiger partial charge in [0.1, 0.15) is 40.3 Å². The van der Waals surface area contributed by atoms with Gasteiger partial charge >= 0.3 is 0 Å². The molecule has 0 amide bonds. The van der Waals surface area contributed by atoms with Gasteiger partial charge in [0, 0.05) is 22.0 Å². The molecule has 0 spiro atoms. The number of halogens is 2. The van der Waals surface area contributed by atoms with Crippen molar-refractivity contribution in [3.8, 4) is 17.0 Å². The van der Waals surface area contributed by atoms with Crippen molar-refractivity contribution in [2.75, 3.05) is 5.32 Å². The van der Waals surface area contributed by atoms with E-state index < -0.39 is 10.3 Å². The van der Waals surface area contributed by atoms with Crippen LogP contribution in [-0.4, -0.2) is 28.4 Å². The summed E-state index contributed by atoms with van der Waals surface area (Å²) in [6.07, 6.45) is 1.93. The zero-order valence-corrected chi connectivity index (χ0v) is 26.0. The highest BCUT2D eigenvalue weighted by Gasteiger charge is 2.16. The normalized spacial score (nSPS) is 12.0. The Labute approximate surface area is 259 Å². The smallest absolute Gasteiger partial charge is 0.228 e. The second-order valence-electron chi connectivity index (χ2n) is 10.3. The van der Waals surface area contributed by atoms with Gasteiger partial charge in [-0.3, -0.25) is 5.32 Å². The molecule has 0 bridgehead atoms. The molecule has 0 radical (unpaired) electrons. The number of fused-ring (bicyclic) bond motifs is 1. The predicted molar refractivity (Wildman–Crippen MR) is 171 cm³/mol. The summed E-state index contributed by atoms with van der Waals surface area (Å²) < 4.78 is 42.6. The highest BCUT2D eigenvalue weighted by Crippen LogP contribution is 2.33. The zero-order valence-electron chi connectivity index (χ0n) is 23.6. The van der Waals surface area contributed by atoms with Crippen molar-refractivity contribution in [2.24, 2.45) is 5.92 Å². The Morgan fingerprint density at radius 1 is 1.07 bits per heavy atom. The van der Waals surface area contributed by atoms with Crippen LogP contribution in [0.15, 0.2) is 72.4 Å². The van der Waals surface area contributed by atoms with Crippen molar-refractivity contribution in [1.29, 1.82) is 0 Å². The maximum atomic E-state index is 13.5. The van der Waals surface area contributed by atoms with E-state index in [-0.39, 0.29) is 29.4 Å². The highest BCUT2D eigenvalue weighted by molar-refractivity contribution is 7.72. The van der Waals surface area contributed by atoms with Gasteiger partial charge in [-0.25, -0.2) is 19.3 Å². The first-order valence-electron chi connectivity index (χ1n) is 13.5. The minimum absolute atomic E-state index is 0.187. The fourth-order valence-corrected chi connectivity index (χ4v) is 6.22. The molecule has 3 aromatic carbocycles. The van der Waals surface area contributed by atoms with E-state index in [1.165, 1.54) is 29.8 Å². The lowest BCUT2D eigenvalue weighted by Crippen LogP contribution is -2.28. The average Bonchev–Trinajstić information content (AvgIpc) is 3.47. The summed E-state index contributed by atoms with van der Waals surface area (Å²) in [6.45, 7) is 6.03. The Bertz CT molecular complexity index is 1910. The van der Waals surface area contributed by atoms with E-state index in [0.717, 1.165) is 27.2 Å². The van der Waals surface area contributed by atoms with Crippen molar-refractivity contribution in [3.63, 3.8) is 0 Å². The first-order valence-corrected chi connectivity index (χ1v) is 15.9. The number of nitrogens with zero attached hydrogens (tertiary/aromatic N) is 3. The lowest BCUT2D eigenvalue weighted by Gasteiger charge is -2.13. The summed E-state index contributed by atoms with van der Waals surface area (Å²) in [5.74, 6) is 0.950. The number of rotatable bonds is 10. The molecule has 0 aliphatic heterocycles. The molecule has 1 atom stereocenters. The molecule has 0 aliphatic rings. The number of anilines is 2. The largest absolute Gasteiger partial charge is 0.487 e. The summed E-state index contributed by atoms with van der Waals surface area (Å²) in [5.41, 5.74) is 3.79. The molecule has 43 heavy (non-hydrogen) atoms. The van der Waals surface area contributed by atoms with Crippen LogP contribution in [0.3, 0.4) is 0 Å². The third kappa shape index (κ3) is 7.74. The Hall–Kier alpha value is -3.90. The molecule has 5 aromatic rings. The fourth-order valence-electron chi connectivity index (χ4n) is 4.40. The number of hydrogen-bond donors (Lipinski definition) is 2. The number of aromatic nitrogens is 3. The van der Waals surface area contributed by atoms with Gasteiger partial charge in [0.05, 0.1) is 22.3 Å². The lowest BCUT2D eigenvalue weighted by molar-refractivity contribution is 0.306. The van der Waals surface area contributed by atoms with Gasteiger partial charge in [0.15, 0.2) is 0 Å². The highest BCUT2D eigenvalue weighted by atomic mass is 35.5. The van der Waals surface area contributed by atoms with Crippen molar-refractivity contribution < 1.29 is 17.5 Å². The molecule has 0 saturated carbocycles. The summed E-state index contributed by atoms with van der Waals surface area (Å²) in [5, 5.41) is 10.3. The molecule has 2 heterocycles. The molecule has 1 unspecified atom stereocenters. The van der Waals surface area contributed by atoms with Crippen LogP contribution < -0.4 is 15.4 Å². The van der Waals surface area contributed by atoms with Crippen LogP contribution in [0.4, 0.5) is 15.9 Å². The first kappa shape index (κ1) is 30.6. The molecule has 2 aromatic heterocycles. The summed E-state index contributed by atoms with van der Waals surface area (Å²) in [7, 11) is -2.31. The van der Waals surface area contributed by atoms with Gasteiger partial charge in [-0.15, -0.1) is 11.3 Å². The molecule has 8 nitrogen and oxygen atoms in total. The molecule has 2 N–H and O–H groups in total. The Balaban J connectivity index is 1.34. The summed E-state index contributed by atoms with van der Waals surface area (Å²) in [6, 6.07) is 17.1. The van der Waals surface area contributed by atoms with Crippen molar-refractivity contribution in [3.05, 3.63) is 93.8 Å². The molecule has 12 heteroatoms. The Kier molecular flexibility index (Phi) is 9.66.